The van der Waals surface area contributed by atoms with Gasteiger partial charge >= 0.3 is 0 Å². The Morgan fingerprint density at radius 3 is 2.29 bits per heavy atom. The molecule has 0 spiro atoms. The topological polar surface area (TPSA) is 77.2 Å². The Bertz CT molecular complexity index is 448. The maximum absolute atomic E-state index is 10.8. The lowest BCUT2D eigenvalue weighted by atomic mass is 10.2. The van der Waals surface area contributed by atoms with Gasteiger partial charge in [-0.05, 0) is 11.6 Å². The second kappa shape index (κ2) is 4.17. The zero-order valence-corrected chi connectivity index (χ0v) is 8.07. The highest BCUT2D eigenvalue weighted by molar-refractivity contribution is 8.04. The monoisotopic (exact) mass is 211 g/mol. The summed E-state index contributed by atoms with van der Waals surface area (Å²) in [5.41, 5.74) is 0.740. The molecule has 74 valence electrons. The maximum Gasteiger partial charge on any atom is 0.284 e. The zero-order chi connectivity index (χ0) is 10.6. The van der Waals surface area contributed by atoms with Crippen LogP contribution in [-0.4, -0.2) is 13.5 Å². The van der Waals surface area contributed by atoms with Crippen LogP contribution in [0.1, 0.15) is 5.56 Å². The fourth-order valence-electron chi connectivity index (χ4n) is 0.823. The van der Waals surface area contributed by atoms with Gasteiger partial charge in [-0.15, -0.1) is 0 Å². The predicted octanol–water partition coefficient (Wildman–Crippen LogP) is 0.515. The molecule has 0 amide bonds. The van der Waals surface area contributed by atoms with Crippen molar-refractivity contribution in [2.24, 2.45) is 5.14 Å². The van der Waals surface area contributed by atoms with E-state index in [1.54, 1.807) is 24.3 Å². The molecule has 0 radical (unpaired) electrons. The van der Waals surface area contributed by atoms with Gasteiger partial charge in [0.1, 0.15) is 0 Å². The third-order valence-corrected chi connectivity index (χ3v) is 2.19. The van der Waals surface area contributed by atoms with Crippen LogP contribution in [0.25, 0.3) is 6.08 Å². The number of rotatable bonds is 2. The molecular weight excluding hydrogens is 202 g/mol. The van der Waals surface area contributed by atoms with Crippen molar-refractivity contribution in [2.45, 2.75) is 0 Å². The van der Waals surface area contributed by atoms with E-state index in [0.717, 1.165) is 11.6 Å². The Morgan fingerprint density at radius 1 is 1.21 bits per heavy atom. The quantitative estimate of drug-likeness (QED) is 0.724. The molecular formula is C9H9NO3S. The minimum Gasteiger partial charge on any atom is -0.275 e. The first-order chi connectivity index (χ1) is 6.50. The smallest absolute Gasteiger partial charge is 0.275 e. The number of nitrogens with two attached hydrogens (primary N) is 1. The average Bonchev–Trinajstić information content (AvgIpc) is 2.14. The summed E-state index contributed by atoms with van der Waals surface area (Å²) in [5, 5.41) is 3.52. The lowest BCUT2D eigenvalue weighted by Crippen LogP contribution is -2.21. The summed E-state index contributed by atoms with van der Waals surface area (Å²) in [4.78, 5) is 10.8. The summed E-state index contributed by atoms with van der Waals surface area (Å²) < 4.78 is 21.1. The number of primary sulfonamides is 1. The Hall–Kier alpha value is -1.46. The maximum atomic E-state index is 10.8. The molecule has 0 atom stereocenters. The summed E-state index contributed by atoms with van der Waals surface area (Å²) in [6.45, 7) is 0. The van der Waals surface area contributed by atoms with Gasteiger partial charge in [-0.3, -0.25) is 4.79 Å². The fourth-order valence-corrected chi connectivity index (χ4v) is 1.08. The molecule has 0 heterocycles. The van der Waals surface area contributed by atoms with E-state index in [9.17, 15) is 13.2 Å². The Labute approximate surface area is 82.1 Å². The molecule has 1 aromatic rings. The van der Waals surface area contributed by atoms with E-state index in [0.29, 0.717) is 0 Å². The third-order valence-electron chi connectivity index (χ3n) is 1.49. The number of hydrogen-bond acceptors (Lipinski definition) is 3. The minimum atomic E-state index is -4.10. The van der Waals surface area contributed by atoms with Gasteiger partial charge in [0.05, 0.1) is 0 Å². The first-order valence-electron chi connectivity index (χ1n) is 3.80. The van der Waals surface area contributed by atoms with Gasteiger partial charge in [0, 0.05) is 0 Å². The Morgan fingerprint density at radius 2 is 1.79 bits per heavy atom. The van der Waals surface area contributed by atoms with Gasteiger partial charge in [-0.25, -0.2) is 13.6 Å². The van der Waals surface area contributed by atoms with Crippen LogP contribution in [0.3, 0.4) is 0 Å². The SMILES string of the molecule is NS(=O)(=O)C(=O)C=Cc1ccccc1. The van der Waals surface area contributed by atoms with Crippen molar-refractivity contribution in [3.63, 3.8) is 0 Å². The van der Waals surface area contributed by atoms with E-state index in [4.69, 9.17) is 0 Å². The van der Waals surface area contributed by atoms with Gasteiger partial charge in [-0.2, -0.15) is 0 Å². The highest BCUT2D eigenvalue weighted by Gasteiger charge is 2.11. The standard InChI is InChI=1S/C9H9NO3S/c10-14(12,13)9(11)7-6-8-4-2-1-3-5-8/h1-7H,(H2,10,12,13). The van der Waals surface area contributed by atoms with E-state index in [1.165, 1.54) is 6.08 Å². The summed E-state index contributed by atoms with van der Waals surface area (Å²) in [7, 11) is -4.10. The molecule has 4 nitrogen and oxygen atoms in total. The number of carbonyl (C=O) groups is 1. The largest absolute Gasteiger partial charge is 0.284 e. The normalized spacial score (nSPS) is 11.8. The number of benzene rings is 1. The number of sulfonamides is 1. The molecule has 2 N–H and O–H groups in total. The van der Waals surface area contributed by atoms with Crippen LogP contribution in [-0.2, 0) is 14.8 Å². The first kappa shape index (κ1) is 10.6. The summed E-state index contributed by atoms with van der Waals surface area (Å²) in [6.07, 6.45) is 2.33. The first-order valence-corrected chi connectivity index (χ1v) is 5.34. The fraction of sp³-hybridized carbons (Fsp3) is 0. The zero-order valence-electron chi connectivity index (χ0n) is 7.25. The second-order valence-corrected chi connectivity index (χ2v) is 4.10. The molecule has 0 aliphatic heterocycles. The van der Waals surface area contributed by atoms with E-state index >= 15 is 0 Å². The van der Waals surface area contributed by atoms with Crippen LogP contribution in [0.5, 0.6) is 0 Å². The number of carbonyl (C=O) groups excluding carboxylic acids is 1. The summed E-state index contributed by atoms with van der Waals surface area (Å²) >= 11 is 0. The van der Waals surface area contributed by atoms with Crippen molar-refractivity contribution in [2.75, 3.05) is 0 Å². The minimum absolute atomic E-state index is 0.740. The van der Waals surface area contributed by atoms with Gasteiger partial charge in [0.2, 0.25) is 0 Å². The van der Waals surface area contributed by atoms with Crippen molar-refractivity contribution < 1.29 is 13.2 Å². The molecule has 1 aromatic carbocycles. The Kier molecular flexibility index (Phi) is 3.16. The average molecular weight is 211 g/mol. The molecule has 14 heavy (non-hydrogen) atoms. The molecule has 0 unspecified atom stereocenters. The lowest BCUT2D eigenvalue weighted by Gasteiger charge is -1.91. The van der Waals surface area contributed by atoms with Crippen LogP contribution in [0.15, 0.2) is 36.4 Å². The van der Waals surface area contributed by atoms with E-state index in [-0.39, 0.29) is 0 Å². The van der Waals surface area contributed by atoms with Crippen LogP contribution in [0.4, 0.5) is 0 Å². The highest BCUT2D eigenvalue weighted by atomic mass is 32.2. The van der Waals surface area contributed by atoms with Gasteiger partial charge in [0.15, 0.2) is 0 Å². The van der Waals surface area contributed by atoms with Crippen molar-refractivity contribution in [1.29, 1.82) is 0 Å². The van der Waals surface area contributed by atoms with Crippen LogP contribution < -0.4 is 5.14 Å². The van der Waals surface area contributed by atoms with Crippen molar-refractivity contribution in [3.05, 3.63) is 42.0 Å². The molecule has 0 bridgehead atoms. The molecule has 0 saturated carbocycles. The molecule has 0 aliphatic carbocycles. The van der Waals surface area contributed by atoms with Crippen LogP contribution >= 0.6 is 0 Å². The lowest BCUT2D eigenvalue weighted by molar-refractivity contribution is -0.107. The predicted molar refractivity (Wildman–Crippen MR) is 53.6 cm³/mol. The van der Waals surface area contributed by atoms with Crippen molar-refractivity contribution in [3.8, 4) is 0 Å². The molecule has 0 aromatic heterocycles. The summed E-state index contributed by atoms with van der Waals surface area (Å²) in [5.74, 6) is 0. The summed E-state index contributed by atoms with van der Waals surface area (Å²) in [6, 6.07) is 8.86. The van der Waals surface area contributed by atoms with Crippen molar-refractivity contribution in [1.82, 2.24) is 0 Å². The second-order valence-electron chi connectivity index (χ2n) is 2.61. The molecule has 1 rings (SSSR count). The highest BCUT2D eigenvalue weighted by Crippen LogP contribution is 2.01. The third kappa shape index (κ3) is 3.12. The van der Waals surface area contributed by atoms with Gasteiger partial charge in [0.25, 0.3) is 15.1 Å². The molecule has 0 fully saturated rings. The van der Waals surface area contributed by atoms with Crippen LogP contribution in [0.2, 0.25) is 0 Å². The molecule has 5 heteroatoms. The van der Waals surface area contributed by atoms with Crippen LogP contribution in [0, 0.1) is 0 Å². The van der Waals surface area contributed by atoms with E-state index < -0.39 is 15.1 Å². The van der Waals surface area contributed by atoms with E-state index in [1.807, 2.05) is 6.07 Å². The van der Waals surface area contributed by atoms with E-state index in [2.05, 4.69) is 5.14 Å². The van der Waals surface area contributed by atoms with Crippen molar-refractivity contribution >= 4 is 21.2 Å². The van der Waals surface area contributed by atoms with Gasteiger partial charge in [-0.1, -0.05) is 36.4 Å². The van der Waals surface area contributed by atoms with Gasteiger partial charge < -0.3 is 0 Å². The number of hydrogen-bond donors (Lipinski definition) is 1. The Balaban J connectivity index is 2.81. The molecule has 0 saturated heterocycles. The molecule has 0 aliphatic rings.